The summed E-state index contributed by atoms with van der Waals surface area (Å²) in [6, 6.07) is 117. The van der Waals surface area contributed by atoms with Crippen LogP contribution in [0.4, 0.5) is 0 Å². The van der Waals surface area contributed by atoms with Gasteiger partial charge < -0.3 is 0 Å². The van der Waals surface area contributed by atoms with E-state index in [1.807, 2.05) is 0 Å². The molecule has 0 radical (unpaired) electrons. The lowest BCUT2D eigenvalue weighted by Crippen LogP contribution is -2.14. The Balaban J connectivity index is 0.000000133. The molecule has 94 heavy (non-hydrogen) atoms. The molecular weight excluding hydrogens is 1130 g/mol. The molecule has 0 heterocycles. The molecule has 0 unspecified atom stereocenters. The predicted molar refractivity (Wildman–Crippen MR) is 396 cm³/mol. The second-order valence-electron chi connectivity index (χ2n) is 27.3. The van der Waals surface area contributed by atoms with Crippen LogP contribution < -0.4 is 0 Å². The smallest absolute Gasteiger partial charge is 0.0159 e. The van der Waals surface area contributed by atoms with Crippen LogP contribution in [-0.2, 0) is 10.8 Å². The monoisotopic (exact) mass is 1190 g/mol. The van der Waals surface area contributed by atoms with Crippen molar-refractivity contribution in [2.45, 2.75) is 38.5 Å². The zero-order valence-electron chi connectivity index (χ0n) is 53.0. The molecule has 440 valence electrons. The molecule has 0 amide bonds. The third kappa shape index (κ3) is 7.87. The number of hydrogen-bond acceptors (Lipinski definition) is 0. The van der Waals surface area contributed by atoms with E-state index in [4.69, 9.17) is 0 Å². The third-order valence-corrected chi connectivity index (χ3v) is 21.7. The third-order valence-electron chi connectivity index (χ3n) is 21.7. The van der Waals surface area contributed by atoms with Crippen LogP contribution in [0.5, 0.6) is 0 Å². The number of fused-ring (bicyclic) bond motifs is 18. The molecule has 0 spiro atoms. The summed E-state index contributed by atoms with van der Waals surface area (Å²) >= 11 is 0. The molecule has 0 heteroatoms. The van der Waals surface area contributed by atoms with Crippen LogP contribution in [0.3, 0.4) is 0 Å². The summed E-state index contributed by atoms with van der Waals surface area (Å²) in [7, 11) is 0. The van der Waals surface area contributed by atoms with Gasteiger partial charge in [-0.2, -0.15) is 0 Å². The van der Waals surface area contributed by atoms with E-state index in [-0.39, 0.29) is 10.8 Å². The molecule has 0 N–H and O–H groups in total. The zero-order chi connectivity index (χ0) is 62.6. The fourth-order valence-electron chi connectivity index (χ4n) is 17.3. The van der Waals surface area contributed by atoms with Crippen LogP contribution in [-0.4, -0.2) is 0 Å². The average Bonchev–Trinajstić information content (AvgIpc) is 1.55. The van der Waals surface area contributed by atoms with E-state index in [0.29, 0.717) is 0 Å². The Labute approximate surface area is 550 Å². The summed E-state index contributed by atoms with van der Waals surface area (Å²) < 4.78 is 0. The van der Waals surface area contributed by atoms with E-state index in [9.17, 15) is 0 Å². The van der Waals surface area contributed by atoms with Crippen molar-refractivity contribution in [1.29, 1.82) is 0 Å². The highest BCUT2D eigenvalue weighted by molar-refractivity contribution is 6.37. The Morgan fingerprint density at radius 1 is 0.160 bits per heavy atom. The normalized spacial score (nSPS) is 15.0. The highest BCUT2D eigenvalue weighted by atomic mass is 14.4. The van der Waals surface area contributed by atoms with Gasteiger partial charge in [-0.3, -0.25) is 0 Å². The number of benzene rings is 14. The van der Waals surface area contributed by atoms with Crippen molar-refractivity contribution in [3.8, 4) is 44.5 Å². The summed E-state index contributed by atoms with van der Waals surface area (Å²) in [5.41, 5.74) is 42.6. The molecule has 0 fully saturated rings. The molecular formula is C94H64. The molecule has 0 saturated carbocycles. The van der Waals surface area contributed by atoms with Gasteiger partial charge in [0.1, 0.15) is 0 Å². The van der Waals surface area contributed by atoms with E-state index >= 15 is 0 Å². The van der Waals surface area contributed by atoms with Crippen LogP contribution in [0.25, 0.3) is 111 Å². The number of rotatable bonds is 6. The first kappa shape index (κ1) is 54.3. The van der Waals surface area contributed by atoms with Crippen LogP contribution in [0.2, 0.25) is 0 Å². The minimum absolute atomic E-state index is 0.0116. The molecule has 14 aromatic carbocycles. The molecule has 0 nitrogen and oxygen atoms in total. The van der Waals surface area contributed by atoms with Crippen LogP contribution in [0.1, 0.15) is 117 Å². The SMILES string of the molecule is CC1(C)c2ccccc2-c2cc(-c3ccc(C4=C5C(=C(c6cccc7ccccc67)c6ccccc65)c5ccccc54)cc3)ccc21.CC1(C)c2ccccc2-c2ccc(-c3ccc(C4=C5C(=C(c6cccc7ccccc67)c6ccccc65)c5ccccc54)cc3)cc21. The molecule has 0 aliphatic heterocycles. The largest absolute Gasteiger partial charge is 0.0619 e. The maximum absolute atomic E-state index is 2.42. The highest BCUT2D eigenvalue weighted by Gasteiger charge is 2.41. The fraction of sp³-hybridized carbons (Fsp3) is 0.0638. The van der Waals surface area contributed by atoms with Gasteiger partial charge in [0, 0.05) is 10.8 Å². The van der Waals surface area contributed by atoms with Gasteiger partial charge in [0.15, 0.2) is 0 Å². The van der Waals surface area contributed by atoms with Crippen molar-refractivity contribution < 1.29 is 0 Å². The summed E-state index contributed by atoms with van der Waals surface area (Å²) in [4.78, 5) is 0. The molecule has 0 bridgehead atoms. The summed E-state index contributed by atoms with van der Waals surface area (Å²) in [6.07, 6.45) is 0. The Bertz CT molecular complexity index is 5730. The molecule has 0 saturated heterocycles. The van der Waals surface area contributed by atoms with Crippen molar-refractivity contribution in [1.82, 2.24) is 0 Å². The summed E-state index contributed by atoms with van der Waals surface area (Å²) in [6.45, 7) is 9.39. The first-order chi connectivity index (χ1) is 46.2. The van der Waals surface area contributed by atoms with E-state index < -0.39 is 0 Å². The fourth-order valence-corrected chi connectivity index (χ4v) is 17.3. The van der Waals surface area contributed by atoms with Crippen molar-refractivity contribution >= 4 is 66.1 Å². The van der Waals surface area contributed by atoms with E-state index in [1.54, 1.807) is 0 Å². The van der Waals surface area contributed by atoms with E-state index in [2.05, 4.69) is 343 Å². The van der Waals surface area contributed by atoms with Gasteiger partial charge in [-0.15, -0.1) is 0 Å². The predicted octanol–water partition coefficient (Wildman–Crippen LogP) is 24.1. The molecule has 6 aliphatic carbocycles. The van der Waals surface area contributed by atoms with Crippen LogP contribution in [0.15, 0.2) is 315 Å². The lowest BCUT2D eigenvalue weighted by Gasteiger charge is -2.22. The van der Waals surface area contributed by atoms with Gasteiger partial charge in [0.25, 0.3) is 0 Å². The zero-order valence-corrected chi connectivity index (χ0v) is 53.0. The van der Waals surface area contributed by atoms with Crippen molar-refractivity contribution in [2.24, 2.45) is 0 Å². The first-order valence-electron chi connectivity index (χ1n) is 33.2. The quantitative estimate of drug-likeness (QED) is 0.156. The average molecular weight is 1190 g/mol. The Kier molecular flexibility index (Phi) is 11.9. The number of hydrogen-bond donors (Lipinski definition) is 0. The van der Waals surface area contributed by atoms with Gasteiger partial charge in [-0.25, -0.2) is 0 Å². The molecule has 0 atom stereocenters. The maximum Gasteiger partial charge on any atom is 0.0159 e. The first-order valence-corrected chi connectivity index (χ1v) is 33.2. The van der Waals surface area contributed by atoms with Gasteiger partial charge in [0.2, 0.25) is 0 Å². The second kappa shape index (κ2) is 20.5. The van der Waals surface area contributed by atoms with Crippen molar-refractivity contribution in [2.75, 3.05) is 0 Å². The van der Waals surface area contributed by atoms with Crippen LogP contribution in [0, 0.1) is 0 Å². The summed E-state index contributed by atoms with van der Waals surface area (Å²) in [5, 5.41) is 5.14. The Hall–Kier alpha value is -11.4. The lowest BCUT2D eigenvalue weighted by atomic mass is 9.81. The standard InChI is InChI=1S/2C47H32/c1-47(2)41-21-10-9-15-34(41)35-27-26-32(28-42(35)47)29-22-24-31(25-23-29)43-37-16-5-7-18-39(37)46-44(38-17-6-8-19-40(38)45(43)46)36-20-11-13-30-12-3-4-14-33(30)36;1-47(2)41-21-10-9-15-34(41)40-28-32(26-27-42(40)47)29-22-24-31(25-23-29)43-36-16-5-7-18-38(36)46-44(37-17-6-8-19-39(37)45(43)46)35-20-11-13-30-12-3-4-14-33(30)35/h2*3-28H,1-2H3. The Morgan fingerprint density at radius 3 is 0.894 bits per heavy atom. The van der Waals surface area contributed by atoms with Crippen molar-refractivity contribution in [3.05, 3.63) is 404 Å². The second-order valence-corrected chi connectivity index (χ2v) is 27.3. The molecule has 20 rings (SSSR count). The molecule has 0 aromatic heterocycles. The van der Waals surface area contributed by atoms with Gasteiger partial charge in [-0.1, -0.05) is 331 Å². The van der Waals surface area contributed by atoms with Crippen LogP contribution >= 0.6 is 0 Å². The van der Waals surface area contributed by atoms with Gasteiger partial charge in [0.05, 0.1) is 0 Å². The maximum atomic E-state index is 2.42. The van der Waals surface area contributed by atoms with Crippen molar-refractivity contribution in [3.63, 3.8) is 0 Å². The van der Waals surface area contributed by atoms with E-state index in [1.165, 1.54) is 200 Å². The van der Waals surface area contributed by atoms with E-state index in [0.717, 1.165) is 0 Å². The lowest BCUT2D eigenvalue weighted by molar-refractivity contribution is 0.660. The van der Waals surface area contributed by atoms with Gasteiger partial charge >= 0.3 is 0 Å². The Morgan fingerprint density at radius 2 is 0.436 bits per heavy atom. The highest BCUT2D eigenvalue weighted by Crippen LogP contribution is 2.61. The molecule has 6 aliphatic rings. The van der Waals surface area contributed by atoms with Gasteiger partial charge in [-0.05, 0) is 212 Å². The topological polar surface area (TPSA) is 0 Å². The number of allylic oxidation sites excluding steroid dienone is 4. The summed E-state index contributed by atoms with van der Waals surface area (Å²) in [5.74, 6) is 0. The molecule has 14 aromatic rings. The minimum atomic E-state index is -0.0116. The minimum Gasteiger partial charge on any atom is -0.0619 e.